The number of benzene rings is 2. The fourth-order valence-electron chi connectivity index (χ4n) is 6.46. The van der Waals surface area contributed by atoms with Gasteiger partial charge in [-0.05, 0) is 41.2 Å². The van der Waals surface area contributed by atoms with Crippen molar-refractivity contribution in [3.63, 3.8) is 0 Å². The molecule has 31 heavy (non-hydrogen) atoms. The molecule has 0 amide bonds. The van der Waals surface area contributed by atoms with Crippen LogP contribution >= 0.6 is 0 Å². The van der Waals surface area contributed by atoms with Crippen LogP contribution in [0.3, 0.4) is 0 Å². The molecule has 3 fully saturated rings. The van der Waals surface area contributed by atoms with Crippen molar-refractivity contribution in [2.75, 3.05) is 19.7 Å². The van der Waals surface area contributed by atoms with Crippen molar-refractivity contribution in [3.05, 3.63) is 60.7 Å². The van der Waals surface area contributed by atoms with E-state index in [1.54, 1.807) is 0 Å². The molecular formula is C26H33F2NOSi. The minimum atomic E-state index is -2.66. The molecule has 3 aliphatic rings. The third kappa shape index (κ3) is 3.15. The molecule has 2 nitrogen and oxygen atoms in total. The van der Waals surface area contributed by atoms with Crippen molar-refractivity contribution in [1.82, 2.24) is 4.90 Å². The summed E-state index contributed by atoms with van der Waals surface area (Å²) in [5.74, 6) is -2.50. The summed E-state index contributed by atoms with van der Waals surface area (Å²) in [5, 5.41) is 2.40. The topological polar surface area (TPSA) is 12.5 Å². The van der Waals surface area contributed by atoms with Gasteiger partial charge in [0, 0.05) is 18.5 Å². The highest BCUT2D eigenvalue weighted by Gasteiger charge is 2.77. The van der Waals surface area contributed by atoms with Crippen LogP contribution in [0, 0.1) is 5.41 Å². The minimum absolute atomic E-state index is 0.0530. The van der Waals surface area contributed by atoms with Crippen LogP contribution in [0.2, 0.25) is 5.04 Å². The van der Waals surface area contributed by atoms with E-state index in [9.17, 15) is 8.78 Å². The predicted molar refractivity (Wildman–Crippen MR) is 124 cm³/mol. The molecule has 0 N–H and O–H groups in total. The van der Waals surface area contributed by atoms with Crippen molar-refractivity contribution in [3.8, 4) is 0 Å². The van der Waals surface area contributed by atoms with Gasteiger partial charge in [-0.1, -0.05) is 81.4 Å². The van der Waals surface area contributed by atoms with E-state index in [2.05, 4.69) is 74.2 Å². The van der Waals surface area contributed by atoms with Gasteiger partial charge in [0.25, 0.3) is 14.2 Å². The van der Waals surface area contributed by atoms with E-state index in [0.29, 0.717) is 19.6 Å². The second kappa shape index (κ2) is 6.97. The number of hydrogen-bond donors (Lipinski definition) is 0. The number of fused-ring (bicyclic) bond motifs is 1. The van der Waals surface area contributed by atoms with Crippen molar-refractivity contribution in [1.29, 1.82) is 0 Å². The van der Waals surface area contributed by atoms with Crippen molar-refractivity contribution < 1.29 is 13.2 Å². The number of rotatable bonds is 5. The van der Waals surface area contributed by atoms with Gasteiger partial charge in [-0.25, -0.2) is 8.78 Å². The maximum absolute atomic E-state index is 14.3. The first-order chi connectivity index (χ1) is 14.6. The van der Waals surface area contributed by atoms with Gasteiger partial charge in [0.1, 0.15) is 0 Å². The lowest BCUT2D eigenvalue weighted by Gasteiger charge is -2.45. The van der Waals surface area contributed by atoms with E-state index < -0.39 is 19.7 Å². The van der Waals surface area contributed by atoms with Crippen LogP contribution in [-0.4, -0.2) is 44.4 Å². The van der Waals surface area contributed by atoms with Crippen LogP contribution in [0.4, 0.5) is 8.78 Å². The molecule has 2 aromatic carbocycles. The van der Waals surface area contributed by atoms with Gasteiger partial charge in [0.2, 0.25) is 0 Å². The Balaban J connectivity index is 1.54. The molecule has 1 saturated carbocycles. The monoisotopic (exact) mass is 441 g/mol. The van der Waals surface area contributed by atoms with Crippen LogP contribution in [-0.2, 0) is 4.43 Å². The molecule has 1 aliphatic carbocycles. The number of hydrogen-bond acceptors (Lipinski definition) is 2. The first kappa shape index (κ1) is 21.3. The Morgan fingerprint density at radius 3 is 1.97 bits per heavy atom. The Labute approximate surface area is 185 Å². The zero-order valence-corrected chi connectivity index (χ0v) is 19.8. The lowest BCUT2D eigenvalue weighted by atomic mass is 9.89. The van der Waals surface area contributed by atoms with Crippen LogP contribution < -0.4 is 10.4 Å². The summed E-state index contributed by atoms with van der Waals surface area (Å²) in [4.78, 5) is 2.34. The predicted octanol–water partition coefficient (Wildman–Crippen LogP) is 4.83. The van der Waals surface area contributed by atoms with Crippen LogP contribution in [0.25, 0.3) is 0 Å². The van der Waals surface area contributed by atoms with E-state index >= 15 is 0 Å². The average molecular weight is 442 g/mol. The number of alkyl halides is 2. The maximum atomic E-state index is 14.3. The van der Waals surface area contributed by atoms with Crippen molar-refractivity contribution in [2.45, 2.75) is 63.0 Å². The molecule has 5 heteroatoms. The Kier molecular flexibility index (Phi) is 4.78. The molecule has 2 saturated heterocycles. The Bertz CT molecular complexity index is 905. The Morgan fingerprint density at radius 1 is 0.935 bits per heavy atom. The minimum Gasteiger partial charge on any atom is -0.406 e. The summed E-state index contributed by atoms with van der Waals surface area (Å²) in [7, 11) is -2.66. The van der Waals surface area contributed by atoms with Gasteiger partial charge in [0.15, 0.2) is 0 Å². The summed E-state index contributed by atoms with van der Waals surface area (Å²) in [5.41, 5.74) is -1.05. The van der Waals surface area contributed by atoms with Gasteiger partial charge in [-0.2, -0.15) is 0 Å². The quantitative estimate of drug-likeness (QED) is 0.617. The lowest BCUT2D eigenvalue weighted by Crippen LogP contribution is -2.68. The maximum Gasteiger partial charge on any atom is 0.261 e. The van der Waals surface area contributed by atoms with Crippen molar-refractivity contribution >= 4 is 18.7 Å². The highest BCUT2D eigenvalue weighted by atomic mass is 28.4. The van der Waals surface area contributed by atoms with E-state index in [4.69, 9.17) is 4.43 Å². The molecule has 1 spiro atoms. The van der Waals surface area contributed by atoms with E-state index in [1.807, 2.05) is 12.1 Å². The van der Waals surface area contributed by atoms with Crippen LogP contribution in [0.1, 0.15) is 46.5 Å². The molecule has 2 atom stereocenters. The van der Waals surface area contributed by atoms with Crippen molar-refractivity contribution in [2.24, 2.45) is 5.41 Å². The highest BCUT2D eigenvalue weighted by molar-refractivity contribution is 6.99. The molecule has 2 unspecified atom stereocenters. The summed E-state index contributed by atoms with van der Waals surface area (Å²) in [6, 6.07) is 21.2. The molecular weight excluding hydrogens is 408 g/mol. The van der Waals surface area contributed by atoms with Gasteiger partial charge in [-0.15, -0.1) is 0 Å². The first-order valence-corrected chi connectivity index (χ1v) is 13.4. The largest absolute Gasteiger partial charge is 0.406 e. The number of halogens is 2. The van der Waals surface area contributed by atoms with Gasteiger partial charge in [-0.3, -0.25) is 4.90 Å². The summed E-state index contributed by atoms with van der Waals surface area (Å²) in [6.45, 7) is 8.81. The molecule has 5 rings (SSSR count). The zero-order chi connectivity index (χ0) is 22.0. The number of nitrogens with zero attached hydrogens (tertiary/aromatic N) is 1. The van der Waals surface area contributed by atoms with Gasteiger partial charge < -0.3 is 4.43 Å². The summed E-state index contributed by atoms with van der Waals surface area (Å²) in [6.07, 6.45) is 2.66. The summed E-state index contributed by atoms with van der Waals surface area (Å²) < 4.78 is 35.8. The molecule has 166 valence electrons. The standard InChI is InChI=1S/C26H33F2NOSi/c1-23(2,3)31(21-11-6-4-7-12-21,22-13-8-5-9-14-22)30-20-25-15-10-16-29(25)19-24(17-25)18-26(24,27)28/h4-9,11-14H,10,15-20H2,1-3H3. The third-order valence-electron chi connectivity index (χ3n) is 8.09. The smallest absolute Gasteiger partial charge is 0.261 e. The fourth-order valence-corrected chi connectivity index (χ4v) is 11.1. The Hall–Kier alpha value is -1.56. The first-order valence-electron chi connectivity index (χ1n) is 11.5. The average Bonchev–Trinajstić information content (AvgIpc) is 2.98. The van der Waals surface area contributed by atoms with E-state index in [0.717, 1.165) is 19.4 Å². The van der Waals surface area contributed by atoms with E-state index in [1.165, 1.54) is 10.4 Å². The molecule has 0 aromatic heterocycles. The van der Waals surface area contributed by atoms with E-state index in [-0.39, 0.29) is 17.0 Å². The molecule has 2 heterocycles. The van der Waals surface area contributed by atoms with Crippen LogP contribution in [0.15, 0.2) is 60.7 Å². The summed E-state index contributed by atoms with van der Waals surface area (Å²) >= 11 is 0. The zero-order valence-electron chi connectivity index (χ0n) is 18.8. The second-order valence-corrected chi connectivity index (χ2v) is 15.3. The van der Waals surface area contributed by atoms with Gasteiger partial charge >= 0.3 is 0 Å². The molecule has 0 radical (unpaired) electrons. The normalized spacial score (nSPS) is 30.0. The molecule has 0 bridgehead atoms. The fraction of sp³-hybridized carbons (Fsp3) is 0.538. The lowest BCUT2D eigenvalue weighted by molar-refractivity contribution is 0.0647. The molecule has 2 aliphatic heterocycles. The SMILES string of the molecule is CC(C)(C)[Si](OCC12CCCN1CC1(C2)CC1(F)F)(c1ccccc1)c1ccccc1. The van der Waals surface area contributed by atoms with Gasteiger partial charge in [0.05, 0.1) is 12.0 Å². The van der Waals surface area contributed by atoms with Crippen LogP contribution in [0.5, 0.6) is 0 Å². The molecule has 2 aromatic rings. The Morgan fingerprint density at radius 2 is 1.48 bits per heavy atom. The second-order valence-electron chi connectivity index (χ2n) is 11.0. The highest BCUT2D eigenvalue weighted by Crippen LogP contribution is 2.69. The third-order valence-corrected chi connectivity index (χ3v) is 13.1.